The Morgan fingerprint density at radius 2 is 2.15 bits per heavy atom. The highest BCUT2D eigenvalue weighted by atomic mass is 16.5. The van der Waals surface area contributed by atoms with Gasteiger partial charge in [0.15, 0.2) is 5.82 Å². The first kappa shape index (κ1) is 14.3. The van der Waals surface area contributed by atoms with Crippen LogP contribution in [0.1, 0.15) is 18.7 Å². The van der Waals surface area contributed by atoms with Crippen LogP contribution in [0.15, 0.2) is 10.9 Å². The molecule has 20 heavy (non-hydrogen) atoms. The number of nitrogens with zero attached hydrogens (tertiary/aromatic N) is 2. The lowest BCUT2D eigenvalue weighted by atomic mass is 9.90. The average molecular weight is 284 g/mol. The number of aliphatic carboxylic acids is 1. The van der Waals surface area contributed by atoms with E-state index < -0.39 is 17.5 Å². The zero-order valence-corrected chi connectivity index (χ0v) is 10.8. The number of carbonyl (C=O) groups is 2. The predicted octanol–water partition coefficient (Wildman–Crippen LogP) is -0.455. The molecule has 1 saturated heterocycles. The quantitative estimate of drug-likeness (QED) is 0.668. The molecule has 110 valence electrons. The van der Waals surface area contributed by atoms with E-state index in [1.807, 2.05) is 0 Å². The second kappa shape index (κ2) is 6.33. The Kier molecular flexibility index (Phi) is 4.51. The summed E-state index contributed by atoms with van der Waals surface area (Å²) in [5.41, 5.74) is -1.26. The van der Waals surface area contributed by atoms with E-state index in [4.69, 9.17) is 4.74 Å². The van der Waals surface area contributed by atoms with Crippen molar-refractivity contribution in [2.45, 2.75) is 24.8 Å². The van der Waals surface area contributed by atoms with Gasteiger partial charge in [-0.2, -0.15) is 4.98 Å². The van der Waals surface area contributed by atoms with Gasteiger partial charge < -0.3 is 25.0 Å². The number of rotatable bonds is 5. The van der Waals surface area contributed by atoms with Crippen molar-refractivity contribution >= 4 is 12.0 Å². The number of carboxylic acids is 1. The second-order valence-electron chi connectivity index (χ2n) is 4.48. The van der Waals surface area contributed by atoms with Gasteiger partial charge in [0.25, 0.3) is 0 Å². The van der Waals surface area contributed by atoms with Gasteiger partial charge in [-0.15, -0.1) is 0 Å². The lowest BCUT2D eigenvalue weighted by Gasteiger charge is -2.33. The monoisotopic (exact) mass is 284 g/mol. The third kappa shape index (κ3) is 3.44. The van der Waals surface area contributed by atoms with Crippen molar-refractivity contribution < 1.29 is 24.0 Å². The number of hydrogen-bond donors (Lipinski definition) is 3. The molecule has 0 aromatic carbocycles. The van der Waals surface area contributed by atoms with Crippen molar-refractivity contribution in [1.82, 2.24) is 20.8 Å². The van der Waals surface area contributed by atoms with Gasteiger partial charge in [0.1, 0.15) is 5.54 Å². The molecular weight excluding hydrogens is 268 g/mol. The molecule has 1 aliphatic heterocycles. The number of amides is 2. The Morgan fingerprint density at radius 3 is 2.75 bits per heavy atom. The molecular formula is C11H16N4O5. The van der Waals surface area contributed by atoms with E-state index in [9.17, 15) is 14.7 Å². The topological polar surface area (TPSA) is 127 Å². The molecule has 0 spiro atoms. The fraction of sp³-hybridized carbons (Fsp3) is 0.636. The third-order valence-corrected chi connectivity index (χ3v) is 3.15. The summed E-state index contributed by atoms with van der Waals surface area (Å²) in [6, 6.07) is -0.530. The van der Waals surface area contributed by atoms with Crippen LogP contribution in [0, 0.1) is 0 Å². The van der Waals surface area contributed by atoms with E-state index in [0.29, 0.717) is 25.5 Å². The maximum atomic E-state index is 11.8. The third-order valence-electron chi connectivity index (χ3n) is 3.15. The van der Waals surface area contributed by atoms with Crippen LogP contribution >= 0.6 is 0 Å². The van der Waals surface area contributed by atoms with Crippen molar-refractivity contribution in [3.63, 3.8) is 0 Å². The molecule has 1 aromatic heterocycles. The van der Waals surface area contributed by atoms with Gasteiger partial charge in [0.2, 0.25) is 6.39 Å². The first-order valence-corrected chi connectivity index (χ1v) is 6.25. The Morgan fingerprint density at radius 1 is 1.40 bits per heavy atom. The molecule has 2 rings (SSSR count). The average Bonchev–Trinajstić information content (AvgIpc) is 2.93. The molecule has 2 amide bonds. The molecule has 9 nitrogen and oxygen atoms in total. The molecule has 0 radical (unpaired) electrons. The molecule has 9 heteroatoms. The summed E-state index contributed by atoms with van der Waals surface area (Å²) in [6.45, 7) is 0.919. The van der Waals surface area contributed by atoms with Gasteiger partial charge in [0, 0.05) is 39.0 Å². The van der Waals surface area contributed by atoms with E-state index in [2.05, 4.69) is 25.3 Å². The lowest BCUT2D eigenvalue weighted by molar-refractivity contribution is -0.148. The molecule has 3 N–H and O–H groups in total. The van der Waals surface area contributed by atoms with Crippen LogP contribution in [0.4, 0.5) is 4.79 Å². The molecule has 0 saturated carbocycles. The number of carboxylic acid groups (broad SMARTS) is 1. The molecule has 0 aliphatic carbocycles. The molecule has 0 atom stereocenters. The Balaban J connectivity index is 1.81. The normalized spacial score (nSPS) is 17.4. The molecule has 2 heterocycles. The summed E-state index contributed by atoms with van der Waals surface area (Å²) in [6.07, 6.45) is 2.12. The van der Waals surface area contributed by atoms with Crippen LogP contribution < -0.4 is 10.6 Å². The molecule has 0 bridgehead atoms. The van der Waals surface area contributed by atoms with Gasteiger partial charge in [-0.3, -0.25) is 0 Å². The van der Waals surface area contributed by atoms with Crippen LogP contribution in [0.2, 0.25) is 0 Å². The summed E-state index contributed by atoms with van der Waals surface area (Å²) in [7, 11) is 0. The fourth-order valence-electron chi connectivity index (χ4n) is 1.96. The van der Waals surface area contributed by atoms with Gasteiger partial charge in [-0.1, -0.05) is 5.16 Å². The first-order chi connectivity index (χ1) is 9.62. The highest BCUT2D eigenvalue weighted by molar-refractivity contribution is 5.86. The Labute approximate surface area is 114 Å². The number of hydrogen-bond acceptors (Lipinski definition) is 6. The largest absolute Gasteiger partial charge is 0.480 e. The molecule has 1 fully saturated rings. The van der Waals surface area contributed by atoms with E-state index in [0.717, 1.165) is 0 Å². The summed E-state index contributed by atoms with van der Waals surface area (Å²) in [5.74, 6) is -0.571. The molecule has 0 unspecified atom stereocenters. The van der Waals surface area contributed by atoms with Crippen LogP contribution in [-0.4, -0.2) is 52.5 Å². The summed E-state index contributed by atoms with van der Waals surface area (Å²) < 4.78 is 9.68. The maximum absolute atomic E-state index is 11.8. The molecule has 1 aliphatic rings. The SMILES string of the molecule is O=C(NCCc1ncon1)NC1(C(=O)O)CCOCC1. The van der Waals surface area contributed by atoms with Crippen molar-refractivity contribution in [3.8, 4) is 0 Å². The number of nitrogens with one attached hydrogen (secondary N) is 2. The van der Waals surface area contributed by atoms with Crippen LogP contribution in [0.5, 0.6) is 0 Å². The van der Waals surface area contributed by atoms with E-state index in [-0.39, 0.29) is 19.4 Å². The smallest absolute Gasteiger partial charge is 0.329 e. The summed E-state index contributed by atoms with van der Waals surface area (Å²) in [5, 5.41) is 18.0. The number of aromatic nitrogens is 2. The van der Waals surface area contributed by atoms with Gasteiger partial charge in [0.05, 0.1) is 0 Å². The Hall–Kier alpha value is -2.16. The van der Waals surface area contributed by atoms with Crippen LogP contribution in [-0.2, 0) is 16.0 Å². The molecule has 1 aromatic rings. The number of urea groups is 1. The minimum absolute atomic E-state index is 0.251. The maximum Gasteiger partial charge on any atom is 0.329 e. The van der Waals surface area contributed by atoms with E-state index >= 15 is 0 Å². The van der Waals surface area contributed by atoms with Crippen molar-refractivity contribution in [2.24, 2.45) is 0 Å². The highest BCUT2D eigenvalue weighted by Crippen LogP contribution is 2.20. The van der Waals surface area contributed by atoms with Gasteiger partial charge in [-0.05, 0) is 0 Å². The van der Waals surface area contributed by atoms with E-state index in [1.54, 1.807) is 0 Å². The summed E-state index contributed by atoms with van der Waals surface area (Å²) in [4.78, 5) is 26.9. The lowest BCUT2D eigenvalue weighted by Crippen LogP contribution is -2.59. The minimum atomic E-state index is -1.26. The second-order valence-corrected chi connectivity index (χ2v) is 4.48. The summed E-state index contributed by atoms with van der Waals surface area (Å²) >= 11 is 0. The zero-order chi connectivity index (χ0) is 14.4. The van der Waals surface area contributed by atoms with Gasteiger partial charge in [-0.25, -0.2) is 9.59 Å². The minimum Gasteiger partial charge on any atom is -0.480 e. The highest BCUT2D eigenvalue weighted by Gasteiger charge is 2.41. The Bertz CT molecular complexity index is 455. The number of ether oxygens (including phenoxy) is 1. The fourth-order valence-corrected chi connectivity index (χ4v) is 1.96. The van der Waals surface area contributed by atoms with Gasteiger partial charge >= 0.3 is 12.0 Å². The first-order valence-electron chi connectivity index (χ1n) is 6.25. The van der Waals surface area contributed by atoms with Crippen LogP contribution in [0.3, 0.4) is 0 Å². The standard InChI is InChI=1S/C11H16N4O5/c16-9(17)11(2-5-19-6-3-11)14-10(18)12-4-1-8-13-7-20-15-8/h7H,1-6H2,(H,16,17)(H2,12,14,18). The predicted molar refractivity (Wildman–Crippen MR) is 65.0 cm³/mol. The van der Waals surface area contributed by atoms with E-state index in [1.165, 1.54) is 6.39 Å². The van der Waals surface area contributed by atoms with Crippen molar-refractivity contribution in [3.05, 3.63) is 12.2 Å². The number of carbonyl (C=O) groups excluding carboxylic acids is 1. The zero-order valence-electron chi connectivity index (χ0n) is 10.8. The van der Waals surface area contributed by atoms with Crippen molar-refractivity contribution in [1.29, 1.82) is 0 Å². The van der Waals surface area contributed by atoms with Crippen molar-refractivity contribution in [2.75, 3.05) is 19.8 Å². The van der Waals surface area contributed by atoms with Crippen LogP contribution in [0.25, 0.3) is 0 Å².